The third-order valence-electron chi connectivity index (χ3n) is 2.75. The van der Waals surface area contributed by atoms with Crippen molar-refractivity contribution in [2.45, 2.75) is 26.4 Å². The van der Waals surface area contributed by atoms with Crippen LogP contribution in [-0.4, -0.2) is 44.7 Å². The quantitative estimate of drug-likeness (QED) is 0.396. The Balaban J connectivity index is 2.26. The van der Waals surface area contributed by atoms with E-state index in [0.29, 0.717) is 0 Å². The fourth-order valence-electron chi connectivity index (χ4n) is 1.72. The summed E-state index contributed by atoms with van der Waals surface area (Å²) in [5.74, 6) is -1.01. The molecule has 0 aliphatic heterocycles. The first-order valence-corrected chi connectivity index (χ1v) is 8.79. The van der Waals surface area contributed by atoms with Gasteiger partial charge < -0.3 is 15.7 Å². The zero-order valence-electron chi connectivity index (χ0n) is 13.5. The van der Waals surface area contributed by atoms with Gasteiger partial charge in [-0.05, 0) is 31.5 Å². The van der Waals surface area contributed by atoms with Gasteiger partial charge in [-0.1, -0.05) is 12.1 Å². The maximum Gasteiger partial charge on any atom is 0.335 e. The highest BCUT2D eigenvalue weighted by atomic mass is 32.2. The Labute approximate surface area is 141 Å². The van der Waals surface area contributed by atoms with Gasteiger partial charge in [0, 0.05) is 25.7 Å². The van der Waals surface area contributed by atoms with Crippen LogP contribution in [0.1, 0.15) is 29.8 Å². The Morgan fingerprint density at radius 1 is 1.08 bits per heavy atom. The Morgan fingerprint density at radius 2 is 1.71 bits per heavy atom. The summed E-state index contributed by atoms with van der Waals surface area (Å²) in [5.41, 5.74) is 0.919. The van der Waals surface area contributed by atoms with E-state index in [9.17, 15) is 18.0 Å². The Hall–Kier alpha value is -2.17. The van der Waals surface area contributed by atoms with Gasteiger partial charge in [0.25, 0.3) is 10.2 Å². The molecule has 5 N–H and O–H groups in total. The summed E-state index contributed by atoms with van der Waals surface area (Å²) in [5, 5.41) is 13.9. The van der Waals surface area contributed by atoms with Crippen molar-refractivity contribution >= 4 is 22.2 Å². The van der Waals surface area contributed by atoms with Crippen LogP contribution in [0.2, 0.25) is 0 Å². The largest absolute Gasteiger partial charge is 0.478 e. The van der Waals surface area contributed by atoms with Gasteiger partial charge in [-0.15, -0.1) is 0 Å². The number of nitrogens with one attached hydrogen (secondary N) is 4. The minimum absolute atomic E-state index is 0.0583. The fourth-order valence-corrected chi connectivity index (χ4v) is 2.80. The SMILES string of the molecule is CC(C)NS(=O)(=O)NCCNC(=O)NCc1ccc(C(=O)O)cc1. The number of hydrogen-bond donors (Lipinski definition) is 5. The number of carboxylic acid groups (broad SMARTS) is 1. The smallest absolute Gasteiger partial charge is 0.335 e. The molecule has 1 aromatic carbocycles. The highest BCUT2D eigenvalue weighted by Gasteiger charge is 2.10. The molecule has 0 aromatic heterocycles. The topological polar surface area (TPSA) is 137 Å². The monoisotopic (exact) mass is 358 g/mol. The number of benzene rings is 1. The first-order chi connectivity index (χ1) is 11.2. The van der Waals surface area contributed by atoms with Crippen molar-refractivity contribution in [3.05, 3.63) is 35.4 Å². The number of carboxylic acids is 1. The van der Waals surface area contributed by atoms with E-state index < -0.39 is 22.2 Å². The maximum atomic E-state index is 11.6. The molecule has 0 atom stereocenters. The van der Waals surface area contributed by atoms with E-state index in [-0.39, 0.29) is 31.2 Å². The van der Waals surface area contributed by atoms with Crippen molar-refractivity contribution in [1.29, 1.82) is 0 Å². The molecular weight excluding hydrogens is 336 g/mol. The van der Waals surface area contributed by atoms with Crippen LogP contribution in [0.3, 0.4) is 0 Å². The number of carbonyl (C=O) groups excluding carboxylic acids is 1. The highest BCUT2D eigenvalue weighted by Crippen LogP contribution is 2.03. The molecule has 9 nitrogen and oxygen atoms in total. The van der Waals surface area contributed by atoms with Crippen LogP contribution < -0.4 is 20.1 Å². The van der Waals surface area contributed by atoms with Crippen LogP contribution in [-0.2, 0) is 16.8 Å². The van der Waals surface area contributed by atoms with Crippen molar-refractivity contribution in [1.82, 2.24) is 20.1 Å². The standard InChI is InChI=1S/C14H22N4O5S/c1-10(2)18-24(22,23)17-8-7-15-14(21)16-9-11-3-5-12(6-4-11)13(19)20/h3-6,10,17-18H,7-9H2,1-2H3,(H,19,20)(H2,15,16,21). The number of carbonyl (C=O) groups is 2. The Kier molecular flexibility index (Phi) is 7.62. The minimum Gasteiger partial charge on any atom is -0.478 e. The van der Waals surface area contributed by atoms with Gasteiger partial charge in [-0.3, -0.25) is 0 Å². The van der Waals surface area contributed by atoms with Crippen molar-refractivity contribution < 1.29 is 23.1 Å². The van der Waals surface area contributed by atoms with Crippen LogP contribution in [0, 0.1) is 0 Å². The van der Waals surface area contributed by atoms with Gasteiger partial charge in [0.1, 0.15) is 0 Å². The van der Waals surface area contributed by atoms with Gasteiger partial charge in [-0.2, -0.15) is 13.1 Å². The minimum atomic E-state index is -3.56. The first-order valence-electron chi connectivity index (χ1n) is 7.30. The lowest BCUT2D eigenvalue weighted by Gasteiger charge is -2.11. The van der Waals surface area contributed by atoms with Gasteiger partial charge in [0.2, 0.25) is 0 Å². The molecule has 10 heteroatoms. The van der Waals surface area contributed by atoms with E-state index in [2.05, 4.69) is 20.1 Å². The molecule has 2 amide bonds. The van der Waals surface area contributed by atoms with Gasteiger partial charge in [-0.25, -0.2) is 14.3 Å². The molecule has 134 valence electrons. The molecule has 0 aliphatic carbocycles. The second-order valence-corrected chi connectivity index (χ2v) is 6.81. The van der Waals surface area contributed by atoms with Crippen molar-refractivity contribution in [3.63, 3.8) is 0 Å². The zero-order chi connectivity index (χ0) is 18.2. The molecule has 0 aliphatic rings. The molecule has 0 radical (unpaired) electrons. The lowest BCUT2D eigenvalue weighted by molar-refractivity contribution is 0.0697. The van der Waals surface area contributed by atoms with E-state index >= 15 is 0 Å². The summed E-state index contributed by atoms with van der Waals surface area (Å²) in [6, 6.07) is 5.45. The lowest BCUT2D eigenvalue weighted by Crippen LogP contribution is -2.44. The molecule has 0 saturated carbocycles. The molecule has 0 saturated heterocycles. The van der Waals surface area contributed by atoms with Crippen molar-refractivity contribution in [2.75, 3.05) is 13.1 Å². The van der Waals surface area contributed by atoms with Crippen LogP contribution in [0.4, 0.5) is 4.79 Å². The van der Waals surface area contributed by atoms with Crippen LogP contribution in [0.5, 0.6) is 0 Å². The summed E-state index contributed by atoms with van der Waals surface area (Å²) in [6.07, 6.45) is 0. The van der Waals surface area contributed by atoms with Gasteiger partial charge >= 0.3 is 12.0 Å². The average Bonchev–Trinajstić information content (AvgIpc) is 2.48. The third-order valence-corrected chi connectivity index (χ3v) is 4.11. The fraction of sp³-hybridized carbons (Fsp3) is 0.429. The Bertz CT molecular complexity index is 658. The first kappa shape index (κ1) is 19.9. The Morgan fingerprint density at radius 3 is 2.25 bits per heavy atom. The predicted molar refractivity (Wildman–Crippen MR) is 88.8 cm³/mol. The molecule has 0 fully saturated rings. The normalized spacial score (nSPS) is 11.3. The summed E-state index contributed by atoms with van der Waals surface area (Å²) in [6.45, 7) is 3.82. The summed E-state index contributed by atoms with van der Waals surface area (Å²) < 4.78 is 27.6. The van der Waals surface area contributed by atoms with E-state index in [4.69, 9.17) is 5.11 Å². The van der Waals surface area contributed by atoms with Crippen molar-refractivity contribution in [3.8, 4) is 0 Å². The molecule has 1 rings (SSSR count). The molecule has 0 unspecified atom stereocenters. The zero-order valence-corrected chi connectivity index (χ0v) is 14.3. The third kappa shape index (κ3) is 7.90. The van der Waals surface area contributed by atoms with Gasteiger partial charge in [0.15, 0.2) is 0 Å². The highest BCUT2D eigenvalue weighted by molar-refractivity contribution is 7.87. The number of urea groups is 1. The second-order valence-electron chi connectivity index (χ2n) is 5.28. The molecule has 0 spiro atoms. The van der Waals surface area contributed by atoms with Crippen molar-refractivity contribution in [2.24, 2.45) is 0 Å². The summed E-state index contributed by atoms with van der Waals surface area (Å²) in [4.78, 5) is 22.3. The van der Waals surface area contributed by atoms with E-state index in [1.807, 2.05) is 0 Å². The lowest BCUT2D eigenvalue weighted by atomic mass is 10.1. The number of amides is 2. The maximum absolute atomic E-state index is 11.6. The summed E-state index contributed by atoms with van der Waals surface area (Å²) >= 11 is 0. The molecule has 24 heavy (non-hydrogen) atoms. The second kappa shape index (κ2) is 9.21. The molecule has 0 heterocycles. The number of hydrogen-bond acceptors (Lipinski definition) is 4. The predicted octanol–water partition coefficient (Wildman–Crippen LogP) is 0.0164. The van der Waals surface area contributed by atoms with E-state index in [1.54, 1.807) is 26.0 Å². The van der Waals surface area contributed by atoms with E-state index in [1.165, 1.54) is 12.1 Å². The molecular formula is C14H22N4O5S. The number of rotatable bonds is 9. The molecule has 1 aromatic rings. The number of aromatic carboxylic acids is 1. The van der Waals surface area contributed by atoms with Gasteiger partial charge in [0.05, 0.1) is 5.56 Å². The van der Waals surface area contributed by atoms with E-state index in [0.717, 1.165) is 5.56 Å². The van der Waals surface area contributed by atoms with Crippen LogP contribution in [0.25, 0.3) is 0 Å². The summed E-state index contributed by atoms with van der Waals surface area (Å²) in [7, 11) is -3.56. The average molecular weight is 358 g/mol. The van der Waals surface area contributed by atoms with Crippen LogP contribution >= 0.6 is 0 Å². The van der Waals surface area contributed by atoms with Crippen LogP contribution in [0.15, 0.2) is 24.3 Å². The molecule has 0 bridgehead atoms.